The molecule has 9 heteroatoms. The first-order valence-corrected chi connectivity index (χ1v) is 12.4. The van der Waals surface area contributed by atoms with Gasteiger partial charge in [0.2, 0.25) is 11.8 Å². The van der Waals surface area contributed by atoms with Gasteiger partial charge in [-0.05, 0) is 54.6 Å². The van der Waals surface area contributed by atoms with E-state index in [2.05, 4.69) is 15.6 Å². The van der Waals surface area contributed by atoms with Gasteiger partial charge in [0.15, 0.2) is 0 Å². The molecule has 1 atom stereocenters. The third kappa shape index (κ3) is 6.05. The molecule has 0 unspecified atom stereocenters. The molecule has 2 heterocycles. The molecule has 0 saturated heterocycles. The lowest BCUT2D eigenvalue weighted by Gasteiger charge is -2.32. The zero-order valence-electron chi connectivity index (χ0n) is 19.5. The highest BCUT2D eigenvalue weighted by Crippen LogP contribution is 2.30. The Labute approximate surface area is 208 Å². The molecule has 1 aromatic carbocycles. The number of carbonyl (C=O) groups is 3. The van der Waals surface area contributed by atoms with Crippen LogP contribution in [-0.4, -0.2) is 42.4 Å². The number of pyridine rings is 1. The van der Waals surface area contributed by atoms with Gasteiger partial charge in [-0.1, -0.05) is 25.0 Å². The van der Waals surface area contributed by atoms with Gasteiger partial charge in [-0.3, -0.25) is 24.3 Å². The van der Waals surface area contributed by atoms with Crippen molar-refractivity contribution in [2.24, 2.45) is 0 Å². The number of amides is 3. The molecule has 0 aliphatic heterocycles. The summed E-state index contributed by atoms with van der Waals surface area (Å²) in [4.78, 5) is 45.8. The van der Waals surface area contributed by atoms with Crippen LogP contribution in [0.2, 0.25) is 0 Å². The molecule has 8 nitrogen and oxygen atoms in total. The highest BCUT2D eigenvalue weighted by Gasteiger charge is 2.34. The average Bonchev–Trinajstić information content (AvgIpc) is 3.61. The predicted octanol–water partition coefficient (Wildman–Crippen LogP) is 3.71. The number of thiophene rings is 1. The molecular weight excluding hydrogens is 464 g/mol. The van der Waals surface area contributed by atoms with E-state index in [1.165, 1.54) is 16.2 Å². The van der Waals surface area contributed by atoms with E-state index in [1.54, 1.807) is 73.4 Å². The van der Waals surface area contributed by atoms with Crippen molar-refractivity contribution in [1.82, 2.24) is 15.6 Å². The molecule has 2 N–H and O–H groups in total. The van der Waals surface area contributed by atoms with Gasteiger partial charge in [-0.2, -0.15) is 0 Å². The number of nitrogens with one attached hydrogen (secondary N) is 2. The largest absolute Gasteiger partial charge is 0.497 e. The molecule has 0 bridgehead atoms. The van der Waals surface area contributed by atoms with E-state index in [9.17, 15) is 14.4 Å². The molecule has 3 aromatic rings. The Bertz CT molecular complexity index is 1130. The van der Waals surface area contributed by atoms with Crippen molar-refractivity contribution in [1.29, 1.82) is 0 Å². The normalized spacial score (nSPS) is 14.2. The van der Waals surface area contributed by atoms with Crippen molar-refractivity contribution >= 4 is 34.7 Å². The fraction of sp³-hybridized carbons (Fsp3) is 0.308. The topological polar surface area (TPSA) is 101 Å². The Balaban J connectivity index is 1.66. The first-order valence-electron chi connectivity index (χ1n) is 11.5. The van der Waals surface area contributed by atoms with Crippen molar-refractivity contribution in [2.45, 2.75) is 37.8 Å². The molecule has 0 radical (unpaired) electrons. The number of ether oxygens (including phenoxy) is 1. The minimum absolute atomic E-state index is 0.0769. The lowest BCUT2D eigenvalue weighted by Crippen LogP contribution is -2.49. The van der Waals surface area contributed by atoms with Crippen LogP contribution in [0, 0.1) is 0 Å². The van der Waals surface area contributed by atoms with Crippen LogP contribution in [0.15, 0.2) is 66.3 Å². The van der Waals surface area contributed by atoms with E-state index in [4.69, 9.17) is 4.74 Å². The van der Waals surface area contributed by atoms with Crippen LogP contribution in [0.5, 0.6) is 5.75 Å². The summed E-state index contributed by atoms with van der Waals surface area (Å²) in [5.74, 6) is -0.411. The summed E-state index contributed by atoms with van der Waals surface area (Å²) >= 11 is 1.29. The van der Waals surface area contributed by atoms with Crippen LogP contribution in [0.4, 0.5) is 5.69 Å². The zero-order valence-corrected chi connectivity index (χ0v) is 20.3. The van der Waals surface area contributed by atoms with E-state index < -0.39 is 11.9 Å². The van der Waals surface area contributed by atoms with E-state index in [1.807, 2.05) is 0 Å². The third-order valence-corrected chi connectivity index (χ3v) is 6.84. The number of nitrogens with zero attached hydrogens (tertiary/aromatic N) is 2. The van der Waals surface area contributed by atoms with Crippen molar-refractivity contribution in [3.63, 3.8) is 0 Å². The maximum absolute atomic E-state index is 13.6. The van der Waals surface area contributed by atoms with Gasteiger partial charge in [-0.15, -0.1) is 11.3 Å². The Morgan fingerprint density at radius 2 is 1.89 bits per heavy atom. The van der Waals surface area contributed by atoms with Crippen LogP contribution in [-0.2, 0) is 9.59 Å². The molecule has 0 spiro atoms. The van der Waals surface area contributed by atoms with E-state index in [0.29, 0.717) is 21.9 Å². The molecular formula is C26H28N4O4S. The second-order valence-corrected chi connectivity index (χ2v) is 9.25. The van der Waals surface area contributed by atoms with Crippen LogP contribution in [0.1, 0.15) is 47.0 Å². The number of carbonyl (C=O) groups excluding carboxylic acids is 3. The summed E-state index contributed by atoms with van der Waals surface area (Å²) in [7, 11) is 1.56. The molecule has 4 rings (SSSR count). The first-order chi connectivity index (χ1) is 17.1. The van der Waals surface area contributed by atoms with Crippen molar-refractivity contribution in [2.75, 3.05) is 18.6 Å². The van der Waals surface area contributed by atoms with Gasteiger partial charge < -0.3 is 15.4 Å². The molecule has 1 saturated carbocycles. The average molecular weight is 493 g/mol. The zero-order chi connectivity index (χ0) is 24.6. The molecule has 3 amide bonds. The minimum atomic E-state index is -0.955. The number of benzene rings is 1. The molecule has 1 aliphatic carbocycles. The lowest BCUT2D eigenvalue weighted by atomic mass is 10.0. The third-order valence-electron chi connectivity index (χ3n) is 5.97. The number of methoxy groups -OCH3 is 1. The fourth-order valence-electron chi connectivity index (χ4n) is 4.22. The summed E-state index contributed by atoms with van der Waals surface area (Å²) in [6.07, 6.45) is 7.18. The Morgan fingerprint density at radius 1 is 1.11 bits per heavy atom. The summed E-state index contributed by atoms with van der Waals surface area (Å²) in [6, 6.07) is 13.0. The Kier molecular flexibility index (Phi) is 8.10. The highest BCUT2D eigenvalue weighted by atomic mass is 32.1. The fourth-order valence-corrected chi connectivity index (χ4v) is 4.86. The molecule has 1 fully saturated rings. The predicted molar refractivity (Wildman–Crippen MR) is 135 cm³/mol. The molecule has 35 heavy (non-hydrogen) atoms. The number of rotatable bonds is 9. The van der Waals surface area contributed by atoms with E-state index >= 15 is 0 Å². The van der Waals surface area contributed by atoms with E-state index in [0.717, 1.165) is 25.7 Å². The van der Waals surface area contributed by atoms with Crippen LogP contribution in [0.3, 0.4) is 0 Å². The summed E-state index contributed by atoms with van der Waals surface area (Å²) in [6.45, 7) is -0.268. The van der Waals surface area contributed by atoms with Gasteiger partial charge in [0.25, 0.3) is 5.91 Å². The standard InChI is InChI=1S/C26H28N4O4S/c1-34-21-12-10-20(11-13-21)30(23(31)17-28-25(32)22-9-5-15-35-22)24(18-6-4-14-27-16-18)26(33)29-19-7-2-3-8-19/h4-6,9-16,19,24H,2-3,7-8,17H2,1H3,(H,28,32)(H,29,33)/t24-/m0/s1. The van der Waals surface area contributed by atoms with Crippen LogP contribution < -0.4 is 20.3 Å². The van der Waals surface area contributed by atoms with Crippen molar-refractivity contribution in [3.05, 3.63) is 76.7 Å². The maximum atomic E-state index is 13.6. The minimum Gasteiger partial charge on any atom is -0.497 e. The van der Waals surface area contributed by atoms with Gasteiger partial charge in [-0.25, -0.2) is 0 Å². The number of hydrogen-bond acceptors (Lipinski definition) is 6. The number of hydrogen-bond donors (Lipinski definition) is 2. The summed E-state index contributed by atoms with van der Waals surface area (Å²) in [5.41, 5.74) is 1.09. The van der Waals surface area contributed by atoms with Crippen LogP contribution >= 0.6 is 11.3 Å². The summed E-state index contributed by atoms with van der Waals surface area (Å²) < 4.78 is 5.26. The van der Waals surface area contributed by atoms with Gasteiger partial charge in [0.1, 0.15) is 11.8 Å². The van der Waals surface area contributed by atoms with Crippen LogP contribution in [0.25, 0.3) is 0 Å². The van der Waals surface area contributed by atoms with Gasteiger partial charge >= 0.3 is 0 Å². The second kappa shape index (κ2) is 11.6. The first kappa shape index (κ1) is 24.4. The molecule has 2 aromatic heterocycles. The van der Waals surface area contributed by atoms with Crippen molar-refractivity contribution < 1.29 is 19.1 Å². The maximum Gasteiger partial charge on any atom is 0.261 e. The monoisotopic (exact) mass is 492 g/mol. The quantitative estimate of drug-likeness (QED) is 0.474. The SMILES string of the molecule is COc1ccc(N(C(=O)CNC(=O)c2cccs2)[C@H](C(=O)NC2CCCC2)c2cccnc2)cc1. The highest BCUT2D eigenvalue weighted by molar-refractivity contribution is 7.12. The number of anilines is 1. The Morgan fingerprint density at radius 3 is 2.51 bits per heavy atom. The number of aromatic nitrogens is 1. The lowest BCUT2D eigenvalue weighted by molar-refractivity contribution is -0.126. The molecule has 182 valence electrons. The van der Waals surface area contributed by atoms with Gasteiger partial charge in [0, 0.05) is 29.7 Å². The van der Waals surface area contributed by atoms with Crippen molar-refractivity contribution in [3.8, 4) is 5.75 Å². The smallest absolute Gasteiger partial charge is 0.261 e. The molecule has 1 aliphatic rings. The van der Waals surface area contributed by atoms with Gasteiger partial charge in [0.05, 0.1) is 18.5 Å². The summed E-state index contributed by atoms with van der Waals surface area (Å²) in [5, 5.41) is 7.60. The Hall–Kier alpha value is -3.72. The second-order valence-electron chi connectivity index (χ2n) is 8.30. The van der Waals surface area contributed by atoms with E-state index in [-0.39, 0.29) is 24.4 Å².